The van der Waals surface area contributed by atoms with Crippen molar-refractivity contribution in [2.24, 2.45) is 5.92 Å². The largest absolute Gasteiger partial charge is 0.339 e. The highest BCUT2D eigenvalue weighted by molar-refractivity contribution is 7.13. The SMILES string of the molecule is Cc1ccc(C(=O)N2CCN(C(=O)CCC3CCNCC3)CC2)s1. The molecule has 2 aliphatic rings. The fraction of sp³-hybridized carbons (Fsp3) is 0.667. The number of carbonyl (C=O) groups is 2. The van der Waals surface area contributed by atoms with Gasteiger partial charge in [0.2, 0.25) is 5.91 Å². The van der Waals surface area contributed by atoms with E-state index in [9.17, 15) is 9.59 Å². The first-order chi connectivity index (χ1) is 11.6. The minimum absolute atomic E-state index is 0.106. The molecule has 0 spiro atoms. The normalized spacial score (nSPS) is 19.5. The van der Waals surface area contributed by atoms with Crippen molar-refractivity contribution in [2.75, 3.05) is 39.3 Å². The van der Waals surface area contributed by atoms with Crippen LogP contribution < -0.4 is 5.32 Å². The lowest BCUT2D eigenvalue weighted by atomic mass is 9.93. The lowest BCUT2D eigenvalue weighted by Gasteiger charge is -2.35. The zero-order chi connectivity index (χ0) is 16.9. The van der Waals surface area contributed by atoms with E-state index in [-0.39, 0.29) is 11.8 Å². The van der Waals surface area contributed by atoms with Gasteiger partial charge < -0.3 is 15.1 Å². The van der Waals surface area contributed by atoms with Gasteiger partial charge in [0.1, 0.15) is 0 Å². The highest BCUT2D eigenvalue weighted by atomic mass is 32.1. The summed E-state index contributed by atoms with van der Waals surface area (Å²) >= 11 is 1.54. The molecular weight excluding hydrogens is 322 g/mol. The fourth-order valence-corrected chi connectivity index (χ4v) is 4.36. The molecule has 0 atom stereocenters. The van der Waals surface area contributed by atoms with Crippen LogP contribution in [-0.2, 0) is 4.79 Å². The van der Waals surface area contributed by atoms with Crippen LogP contribution in [0.3, 0.4) is 0 Å². The molecule has 5 nitrogen and oxygen atoms in total. The molecule has 24 heavy (non-hydrogen) atoms. The number of rotatable bonds is 4. The summed E-state index contributed by atoms with van der Waals surface area (Å²) in [4.78, 5) is 30.6. The third-order valence-corrected chi connectivity index (χ3v) is 6.08. The standard InChI is InChI=1S/C18H27N3O2S/c1-14-2-4-16(24-14)18(23)21-12-10-20(11-13-21)17(22)5-3-15-6-8-19-9-7-15/h2,4,15,19H,3,5-13H2,1H3. The van der Waals surface area contributed by atoms with Crippen molar-refractivity contribution in [2.45, 2.75) is 32.6 Å². The molecule has 0 saturated carbocycles. The topological polar surface area (TPSA) is 52.7 Å². The maximum Gasteiger partial charge on any atom is 0.264 e. The van der Waals surface area contributed by atoms with E-state index in [2.05, 4.69) is 5.32 Å². The third kappa shape index (κ3) is 4.36. The molecular formula is C18H27N3O2S. The van der Waals surface area contributed by atoms with Crippen LogP contribution in [0.1, 0.15) is 40.2 Å². The Balaban J connectivity index is 1.42. The summed E-state index contributed by atoms with van der Waals surface area (Å²) in [5, 5.41) is 3.36. The van der Waals surface area contributed by atoms with Gasteiger partial charge in [-0.2, -0.15) is 0 Å². The molecule has 3 rings (SSSR count). The van der Waals surface area contributed by atoms with E-state index in [1.807, 2.05) is 28.9 Å². The molecule has 0 aliphatic carbocycles. The molecule has 1 N–H and O–H groups in total. The summed E-state index contributed by atoms with van der Waals surface area (Å²) in [6.45, 7) is 6.82. The lowest BCUT2D eigenvalue weighted by Crippen LogP contribution is -2.50. The molecule has 2 amide bonds. The molecule has 0 unspecified atom stereocenters. The van der Waals surface area contributed by atoms with E-state index in [4.69, 9.17) is 0 Å². The molecule has 6 heteroatoms. The number of hydrogen-bond donors (Lipinski definition) is 1. The van der Waals surface area contributed by atoms with E-state index >= 15 is 0 Å². The summed E-state index contributed by atoms with van der Waals surface area (Å²) in [6, 6.07) is 3.89. The van der Waals surface area contributed by atoms with Gasteiger partial charge in [0.15, 0.2) is 0 Å². The second-order valence-electron chi connectivity index (χ2n) is 6.82. The molecule has 0 bridgehead atoms. The molecule has 2 fully saturated rings. The molecule has 2 saturated heterocycles. The van der Waals surface area contributed by atoms with Gasteiger partial charge in [0, 0.05) is 37.5 Å². The zero-order valence-electron chi connectivity index (χ0n) is 14.4. The number of nitrogens with zero attached hydrogens (tertiary/aromatic N) is 2. The highest BCUT2D eigenvalue weighted by Gasteiger charge is 2.26. The molecule has 2 aliphatic heterocycles. The van der Waals surface area contributed by atoms with Crippen molar-refractivity contribution < 1.29 is 9.59 Å². The van der Waals surface area contributed by atoms with E-state index in [1.165, 1.54) is 12.8 Å². The van der Waals surface area contributed by atoms with E-state index < -0.39 is 0 Å². The summed E-state index contributed by atoms with van der Waals surface area (Å²) < 4.78 is 0. The predicted octanol–water partition coefficient (Wildman–Crippen LogP) is 2.12. The Morgan fingerprint density at radius 3 is 2.42 bits per heavy atom. The lowest BCUT2D eigenvalue weighted by molar-refractivity contribution is -0.133. The molecule has 132 valence electrons. The van der Waals surface area contributed by atoms with Crippen LogP contribution in [0.25, 0.3) is 0 Å². The number of thiophene rings is 1. The highest BCUT2D eigenvalue weighted by Crippen LogP contribution is 2.20. The minimum Gasteiger partial charge on any atom is -0.339 e. The van der Waals surface area contributed by atoms with Crippen LogP contribution in [0.15, 0.2) is 12.1 Å². The average molecular weight is 350 g/mol. The summed E-state index contributed by atoms with van der Waals surface area (Å²) in [5.74, 6) is 1.06. The van der Waals surface area contributed by atoms with Gasteiger partial charge in [-0.25, -0.2) is 0 Å². The zero-order valence-corrected chi connectivity index (χ0v) is 15.2. The first-order valence-electron chi connectivity index (χ1n) is 8.97. The molecule has 0 aromatic carbocycles. The number of piperidine rings is 1. The van der Waals surface area contributed by atoms with Gasteiger partial charge in [-0.3, -0.25) is 9.59 Å². The Bertz CT molecular complexity index is 573. The Morgan fingerprint density at radius 2 is 1.79 bits per heavy atom. The van der Waals surface area contributed by atoms with Gasteiger partial charge in [0.25, 0.3) is 5.91 Å². The molecule has 3 heterocycles. The van der Waals surface area contributed by atoms with E-state index in [0.717, 1.165) is 29.3 Å². The maximum atomic E-state index is 12.4. The number of aryl methyl sites for hydroxylation is 1. The maximum absolute atomic E-state index is 12.4. The number of amides is 2. The Morgan fingerprint density at radius 1 is 1.12 bits per heavy atom. The fourth-order valence-electron chi connectivity index (χ4n) is 3.52. The quantitative estimate of drug-likeness (QED) is 0.906. The van der Waals surface area contributed by atoms with Crippen LogP contribution in [-0.4, -0.2) is 60.9 Å². The molecule has 1 aromatic heterocycles. The first kappa shape index (κ1) is 17.4. The van der Waals surface area contributed by atoms with Crippen LogP contribution in [0.4, 0.5) is 0 Å². The number of hydrogen-bond acceptors (Lipinski definition) is 4. The van der Waals surface area contributed by atoms with Gasteiger partial charge >= 0.3 is 0 Å². The number of carbonyl (C=O) groups excluding carboxylic acids is 2. The second-order valence-corrected chi connectivity index (χ2v) is 8.10. The van der Waals surface area contributed by atoms with E-state index in [1.54, 1.807) is 11.3 Å². The van der Waals surface area contributed by atoms with Gasteiger partial charge in [-0.05, 0) is 57.3 Å². The third-order valence-electron chi connectivity index (χ3n) is 5.10. The Kier molecular flexibility index (Phi) is 5.89. The second kappa shape index (κ2) is 8.12. The Hall–Kier alpha value is -1.40. The van der Waals surface area contributed by atoms with Crippen LogP contribution >= 0.6 is 11.3 Å². The van der Waals surface area contributed by atoms with Crippen molar-refractivity contribution in [3.05, 3.63) is 21.9 Å². The molecule has 0 radical (unpaired) electrons. The minimum atomic E-state index is 0.106. The van der Waals surface area contributed by atoms with Crippen LogP contribution in [0.2, 0.25) is 0 Å². The van der Waals surface area contributed by atoms with Gasteiger partial charge in [-0.1, -0.05) is 0 Å². The number of piperazine rings is 1. The monoisotopic (exact) mass is 349 g/mol. The van der Waals surface area contributed by atoms with Crippen molar-refractivity contribution >= 4 is 23.2 Å². The van der Waals surface area contributed by atoms with Crippen molar-refractivity contribution in [3.8, 4) is 0 Å². The van der Waals surface area contributed by atoms with Crippen LogP contribution in [0, 0.1) is 12.8 Å². The number of nitrogens with one attached hydrogen (secondary N) is 1. The summed E-state index contributed by atoms with van der Waals surface area (Å²) in [5.41, 5.74) is 0. The van der Waals surface area contributed by atoms with Crippen molar-refractivity contribution in [3.63, 3.8) is 0 Å². The van der Waals surface area contributed by atoms with Gasteiger partial charge in [-0.15, -0.1) is 11.3 Å². The predicted molar refractivity (Wildman–Crippen MR) is 96.4 cm³/mol. The first-order valence-corrected chi connectivity index (χ1v) is 9.79. The van der Waals surface area contributed by atoms with Crippen molar-refractivity contribution in [1.82, 2.24) is 15.1 Å². The smallest absolute Gasteiger partial charge is 0.264 e. The Labute approximate surface area is 148 Å². The van der Waals surface area contributed by atoms with Crippen molar-refractivity contribution in [1.29, 1.82) is 0 Å². The van der Waals surface area contributed by atoms with Gasteiger partial charge in [0.05, 0.1) is 4.88 Å². The van der Waals surface area contributed by atoms with E-state index in [0.29, 0.717) is 38.5 Å². The average Bonchev–Trinajstić information content (AvgIpc) is 3.06. The summed E-state index contributed by atoms with van der Waals surface area (Å²) in [6.07, 6.45) is 4.04. The summed E-state index contributed by atoms with van der Waals surface area (Å²) in [7, 11) is 0. The van der Waals surface area contributed by atoms with Crippen LogP contribution in [0.5, 0.6) is 0 Å². The molecule has 1 aromatic rings.